The van der Waals surface area contributed by atoms with Crippen LogP contribution in [-0.2, 0) is 0 Å². The number of para-hydroxylation sites is 1. The highest BCUT2D eigenvalue weighted by molar-refractivity contribution is 5.73. The van der Waals surface area contributed by atoms with Gasteiger partial charge >= 0.3 is 6.36 Å². The van der Waals surface area contributed by atoms with Gasteiger partial charge in [-0.25, -0.2) is 9.97 Å². The fourth-order valence-electron chi connectivity index (χ4n) is 2.01. The molecule has 0 aliphatic heterocycles. The number of hydrogen-bond donors (Lipinski definition) is 1. The minimum atomic E-state index is -4.75. The molecule has 0 aliphatic carbocycles. The number of anilines is 1. The Balaban J connectivity index is 2.60. The van der Waals surface area contributed by atoms with E-state index in [0.29, 0.717) is 22.9 Å². The average molecular weight is 297 g/mol. The van der Waals surface area contributed by atoms with E-state index in [0.717, 1.165) is 0 Å². The standard InChI is InChI=1S/C14H14F3N3O/c1-8-12(19-9(2)20-13(8)18-3)10-6-4-5-7-11(10)21-14(15,16)17/h4-7H,1-3H3,(H,18,19,20). The van der Waals surface area contributed by atoms with Crippen molar-refractivity contribution in [3.8, 4) is 17.0 Å². The first kappa shape index (κ1) is 15.1. The zero-order valence-electron chi connectivity index (χ0n) is 11.7. The molecule has 4 nitrogen and oxygen atoms in total. The molecule has 1 heterocycles. The average Bonchev–Trinajstić information content (AvgIpc) is 2.40. The number of alkyl halides is 3. The lowest BCUT2D eigenvalue weighted by molar-refractivity contribution is -0.274. The van der Waals surface area contributed by atoms with Crippen LogP contribution in [0.2, 0.25) is 0 Å². The van der Waals surface area contributed by atoms with E-state index in [-0.39, 0.29) is 11.3 Å². The van der Waals surface area contributed by atoms with Gasteiger partial charge < -0.3 is 10.1 Å². The molecule has 2 aromatic rings. The highest BCUT2D eigenvalue weighted by Gasteiger charge is 2.32. The summed E-state index contributed by atoms with van der Waals surface area (Å²) < 4.78 is 41.6. The van der Waals surface area contributed by atoms with Crippen LogP contribution in [0.25, 0.3) is 11.3 Å². The molecule has 0 radical (unpaired) electrons. The Bertz CT molecular complexity index is 656. The third-order valence-electron chi connectivity index (χ3n) is 2.86. The van der Waals surface area contributed by atoms with Crippen molar-refractivity contribution < 1.29 is 17.9 Å². The quantitative estimate of drug-likeness (QED) is 0.938. The zero-order valence-corrected chi connectivity index (χ0v) is 11.7. The lowest BCUT2D eigenvalue weighted by Gasteiger charge is -2.15. The van der Waals surface area contributed by atoms with E-state index in [1.165, 1.54) is 18.2 Å². The largest absolute Gasteiger partial charge is 0.573 e. The second kappa shape index (κ2) is 5.59. The molecule has 0 atom stereocenters. The van der Waals surface area contributed by atoms with Crippen molar-refractivity contribution in [2.24, 2.45) is 0 Å². The summed E-state index contributed by atoms with van der Waals surface area (Å²) in [5, 5.41) is 2.90. The molecule has 1 N–H and O–H groups in total. The van der Waals surface area contributed by atoms with Gasteiger partial charge in [0.2, 0.25) is 0 Å². The van der Waals surface area contributed by atoms with Crippen LogP contribution >= 0.6 is 0 Å². The van der Waals surface area contributed by atoms with Crippen LogP contribution in [0.15, 0.2) is 24.3 Å². The number of nitrogens with one attached hydrogen (secondary N) is 1. The van der Waals surface area contributed by atoms with Crippen LogP contribution < -0.4 is 10.1 Å². The van der Waals surface area contributed by atoms with Crippen LogP contribution in [0.3, 0.4) is 0 Å². The number of aryl methyl sites for hydroxylation is 1. The third kappa shape index (κ3) is 3.42. The Morgan fingerprint density at radius 3 is 2.38 bits per heavy atom. The van der Waals surface area contributed by atoms with Crippen molar-refractivity contribution in [3.63, 3.8) is 0 Å². The summed E-state index contributed by atoms with van der Waals surface area (Å²) in [6.45, 7) is 3.42. The zero-order chi connectivity index (χ0) is 15.6. The molecule has 0 bridgehead atoms. The fraction of sp³-hybridized carbons (Fsp3) is 0.286. The number of hydrogen-bond acceptors (Lipinski definition) is 4. The Hall–Kier alpha value is -2.31. The second-order valence-electron chi connectivity index (χ2n) is 4.39. The Kier molecular flexibility index (Phi) is 4.02. The summed E-state index contributed by atoms with van der Waals surface area (Å²) >= 11 is 0. The van der Waals surface area contributed by atoms with E-state index in [4.69, 9.17) is 0 Å². The lowest BCUT2D eigenvalue weighted by atomic mass is 10.1. The molecule has 0 fully saturated rings. The highest BCUT2D eigenvalue weighted by atomic mass is 19.4. The molecule has 0 aliphatic rings. The lowest BCUT2D eigenvalue weighted by Crippen LogP contribution is -2.17. The van der Waals surface area contributed by atoms with Crippen molar-refractivity contribution in [2.75, 3.05) is 12.4 Å². The molecule has 0 saturated carbocycles. The molecule has 0 amide bonds. The van der Waals surface area contributed by atoms with Crippen molar-refractivity contribution in [2.45, 2.75) is 20.2 Å². The maximum Gasteiger partial charge on any atom is 0.573 e. The number of aromatic nitrogens is 2. The fourth-order valence-corrected chi connectivity index (χ4v) is 2.01. The van der Waals surface area contributed by atoms with Crippen molar-refractivity contribution >= 4 is 5.82 Å². The van der Waals surface area contributed by atoms with Crippen LogP contribution in [0.1, 0.15) is 11.4 Å². The second-order valence-corrected chi connectivity index (χ2v) is 4.39. The van der Waals surface area contributed by atoms with Gasteiger partial charge in [0.25, 0.3) is 0 Å². The summed E-state index contributed by atoms with van der Waals surface area (Å²) in [4.78, 5) is 8.44. The van der Waals surface area contributed by atoms with Crippen LogP contribution in [0, 0.1) is 13.8 Å². The van der Waals surface area contributed by atoms with Crippen molar-refractivity contribution in [3.05, 3.63) is 35.7 Å². The topological polar surface area (TPSA) is 47.0 Å². The molecule has 112 valence electrons. The number of ether oxygens (including phenoxy) is 1. The summed E-state index contributed by atoms with van der Waals surface area (Å²) in [6, 6.07) is 5.91. The molecule has 1 aromatic carbocycles. The first-order valence-corrected chi connectivity index (χ1v) is 6.20. The predicted molar refractivity (Wildman–Crippen MR) is 73.2 cm³/mol. The van der Waals surface area contributed by atoms with E-state index in [9.17, 15) is 13.2 Å². The Labute approximate surface area is 120 Å². The van der Waals surface area contributed by atoms with Gasteiger partial charge in [-0.05, 0) is 26.0 Å². The maximum atomic E-state index is 12.5. The molecule has 0 saturated heterocycles. The Morgan fingerprint density at radius 1 is 1.10 bits per heavy atom. The maximum absolute atomic E-state index is 12.5. The highest BCUT2D eigenvalue weighted by Crippen LogP contribution is 2.35. The summed E-state index contributed by atoms with van der Waals surface area (Å²) in [5.41, 5.74) is 1.34. The summed E-state index contributed by atoms with van der Waals surface area (Å²) in [6.07, 6.45) is -4.75. The number of rotatable bonds is 3. The monoisotopic (exact) mass is 297 g/mol. The van der Waals surface area contributed by atoms with Gasteiger partial charge in [-0.2, -0.15) is 0 Å². The van der Waals surface area contributed by atoms with Crippen LogP contribution in [-0.4, -0.2) is 23.4 Å². The number of nitrogens with zero attached hydrogens (tertiary/aromatic N) is 2. The minimum absolute atomic E-state index is 0.273. The van der Waals surface area contributed by atoms with E-state index in [1.807, 2.05) is 0 Å². The molecular weight excluding hydrogens is 283 g/mol. The van der Waals surface area contributed by atoms with Gasteiger partial charge in [-0.3, -0.25) is 0 Å². The van der Waals surface area contributed by atoms with E-state index < -0.39 is 6.36 Å². The van der Waals surface area contributed by atoms with Gasteiger partial charge in [0.1, 0.15) is 17.4 Å². The normalized spacial score (nSPS) is 11.3. The van der Waals surface area contributed by atoms with Crippen molar-refractivity contribution in [1.29, 1.82) is 0 Å². The first-order valence-electron chi connectivity index (χ1n) is 6.20. The summed E-state index contributed by atoms with van der Waals surface area (Å²) in [7, 11) is 1.69. The molecule has 21 heavy (non-hydrogen) atoms. The van der Waals surface area contributed by atoms with E-state index in [2.05, 4.69) is 20.0 Å². The van der Waals surface area contributed by atoms with Gasteiger partial charge in [0, 0.05) is 18.2 Å². The Morgan fingerprint density at radius 2 is 1.76 bits per heavy atom. The number of benzene rings is 1. The first-order chi connectivity index (χ1) is 9.81. The smallest absolute Gasteiger partial charge is 0.405 e. The molecule has 0 unspecified atom stereocenters. The molecule has 7 heteroatoms. The molecule has 0 spiro atoms. The molecular formula is C14H14F3N3O. The summed E-state index contributed by atoms with van der Waals surface area (Å²) in [5.74, 6) is 0.745. The number of halogens is 3. The van der Waals surface area contributed by atoms with E-state index >= 15 is 0 Å². The predicted octanol–water partition coefficient (Wildman–Crippen LogP) is 3.70. The van der Waals surface area contributed by atoms with Gasteiger partial charge in [-0.15, -0.1) is 13.2 Å². The minimum Gasteiger partial charge on any atom is -0.405 e. The van der Waals surface area contributed by atoms with E-state index in [1.54, 1.807) is 27.0 Å². The van der Waals surface area contributed by atoms with Gasteiger partial charge in [0.15, 0.2) is 0 Å². The van der Waals surface area contributed by atoms with Crippen molar-refractivity contribution in [1.82, 2.24) is 9.97 Å². The van der Waals surface area contributed by atoms with Gasteiger partial charge in [-0.1, -0.05) is 12.1 Å². The SMILES string of the molecule is CNc1nc(C)nc(-c2ccccc2OC(F)(F)F)c1C. The molecule has 1 aromatic heterocycles. The van der Waals surface area contributed by atoms with Crippen LogP contribution in [0.4, 0.5) is 19.0 Å². The third-order valence-corrected chi connectivity index (χ3v) is 2.86. The van der Waals surface area contributed by atoms with Crippen LogP contribution in [0.5, 0.6) is 5.75 Å². The molecule has 2 rings (SSSR count). The van der Waals surface area contributed by atoms with Gasteiger partial charge in [0.05, 0.1) is 5.69 Å².